The minimum absolute atomic E-state index is 0.00513. The lowest BCUT2D eigenvalue weighted by molar-refractivity contribution is -0.137. The number of nitrogens with zero attached hydrogens (tertiary/aromatic N) is 4. The van der Waals surface area contributed by atoms with Crippen LogP contribution in [0.15, 0.2) is 35.1 Å². The fourth-order valence-electron chi connectivity index (χ4n) is 3.60. The molecule has 2 N–H and O–H groups in total. The molecule has 3 aromatic heterocycles. The van der Waals surface area contributed by atoms with Crippen LogP contribution in [0.2, 0.25) is 15.1 Å². The van der Waals surface area contributed by atoms with Crippen molar-refractivity contribution in [3.05, 3.63) is 51.2 Å². The minimum atomic E-state index is -4.68. The normalized spacial score (nSPS) is 12.9. The van der Waals surface area contributed by atoms with E-state index in [0.717, 1.165) is 16.7 Å². The summed E-state index contributed by atoms with van der Waals surface area (Å²) >= 11 is 18.7. The number of ether oxygens (including phenoxy) is 1. The molecule has 0 aliphatic rings. The Bertz CT molecular complexity index is 1530. The summed E-state index contributed by atoms with van der Waals surface area (Å²) < 4.78 is 63.4. The molecule has 0 bridgehead atoms. The van der Waals surface area contributed by atoms with E-state index in [2.05, 4.69) is 15.1 Å². The Morgan fingerprint density at radius 2 is 1.70 bits per heavy atom. The van der Waals surface area contributed by atoms with Gasteiger partial charge in [-0.05, 0) is 25.0 Å². The van der Waals surface area contributed by atoms with Crippen LogP contribution in [0.1, 0.15) is 32.3 Å². The number of alkyl halides is 3. The van der Waals surface area contributed by atoms with Gasteiger partial charge < -0.3 is 23.4 Å². The summed E-state index contributed by atoms with van der Waals surface area (Å²) in [4.78, 5) is 28.0. The molecule has 4 aromatic rings. The lowest BCUT2D eigenvalue weighted by Crippen LogP contribution is -2.34. The second-order valence-electron chi connectivity index (χ2n) is 7.92. The number of pyridine rings is 1. The maximum absolute atomic E-state index is 13.1. The molecule has 0 amide bonds. The van der Waals surface area contributed by atoms with Crippen molar-refractivity contribution in [2.24, 2.45) is 0 Å². The largest absolute Gasteiger partial charge is 0.473 e. The van der Waals surface area contributed by atoms with E-state index in [1.165, 1.54) is 18.3 Å². The molecular weight excluding hydrogens is 583 g/mol. The van der Waals surface area contributed by atoms with Crippen molar-refractivity contribution in [3.63, 3.8) is 0 Å². The van der Waals surface area contributed by atoms with Crippen molar-refractivity contribution in [3.8, 4) is 28.7 Å². The number of aromatic nitrogens is 4. The molecular formula is C21H17Cl3F3N4O5P. The Hall–Kier alpha value is -2.34. The predicted molar refractivity (Wildman–Crippen MR) is 130 cm³/mol. The van der Waals surface area contributed by atoms with E-state index in [1.807, 2.05) is 0 Å². The van der Waals surface area contributed by atoms with Crippen molar-refractivity contribution in [2.45, 2.75) is 38.2 Å². The monoisotopic (exact) mass is 598 g/mol. The van der Waals surface area contributed by atoms with Gasteiger partial charge in [-0.15, -0.1) is 0 Å². The lowest BCUT2D eigenvalue weighted by atomic mass is 10.2. The Morgan fingerprint density at radius 1 is 1.03 bits per heavy atom. The summed E-state index contributed by atoms with van der Waals surface area (Å²) in [5.41, 5.74) is -0.658. The Morgan fingerprint density at radius 3 is 2.30 bits per heavy atom. The van der Waals surface area contributed by atoms with E-state index in [0.29, 0.717) is 0 Å². The third kappa shape index (κ3) is 5.19. The van der Waals surface area contributed by atoms with Crippen LogP contribution in [-0.2, 0) is 10.7 Å². The lowest BCUT2D eigenvalue weighted by Gasteiger charge is -2.33. The van der Waals surface area contributed by atoms with Crippen LogP contribution in [0.25, 0.3) is 28.6 Å². The molecule has 0 saturated carbocycles. The van der Waals surface area contributed by atoms with Gasteiger partial charge in [-0.25, -0.2) is 4.98 Å². The van der Waals surface area contributed by atoms with Crippen molar-refractivity contribution < 1.29 is 36.8 Å². The topological polar surface area (TPSA) is 123 Å². The SMILES string of the molecule is CCC(CC)(Oc1cc(Cl)c(-c2noc(-c3cn4cc(C(F)(F)F)cc(Cl)c4n3)n2)cc1Cl)P(=O)(O)O. The summed E-state index contributed by atoms with van der Waals surface area (Å²) in [5.74, 6) is -0.213. The molecule has 4 rings (SSSR count). The van der Waals surface area contributed by atoms with Gasteiger partial charge in [0, 0.05) is 24.0 Å². The van der Waals surface area contributed by atoms with Crippen LogP contribution in [0.3, 0.4) is 0 Å². The van der Waals surface area contributed by atoms with Gasteiger partial charge in [0.2, 0.25) is 11.2 Å². The van der Waals surface area contributed by atoms with Crippen LogP contribution >= 0.6 is 42.4 Å². The van der Waals surface area contributed by atoms with E-state index in [9.17, 15) is 27.5 Å². The quantitative estimate of drug-likeness (QED) is 0.216. The first kappa shape index (κ1) is 27.7. The highest BCUT2D eigenvalue weighted by atomic mass is 35.5. The second-order valence-corrected chi connectivity index (χ2v) is 11.0. The number of rotatable bonds is 7. The van der Waals surface area contributed by atoms with E-state index < -0.39 is 24.7 Å². The standard InChI is InChI=1S/C21H17Cl3F3N4O5P/c1-3-20(4-2,37(32,33)34)35-16-7-12(22)11(6-13(16)23)17-29-19(36-30-17)15-9-31-8-10(21(25,26)27)5-14(24)18(31)28-15/h5-9H,3-4H2,1-2H3,(H2,32,33,34). The highest BCUT2D eigenvalue weighted by Crippen LogP contribution is 2.56. The van der Waals surface area contributed by atoms with E-state index in [1.54, 1.807) is 13.8 Å². The fraction of sp³-hybridized carbons (Fsp3) is 0.286. The van der Waals surface area contributed by atoms with Gasteiger partial charge in [0.1, 0.15) is 11.4 Å². The molecule has 0 radical (unpaired) electrons. The molecule has 0 aliphatic heterocycles. The Balaban J connectivity index is 1.69. The zero-order valence-corrected chi connectivity index (χ0v) is 22.1. The average molecular weight is 600 g/mol. The van der Waals surface area contributed by atoms with Crippen molar-refractivity contribution in [1.82, 2.24) is 19.5 Å². The Labute approximate surface area is 222 Å². The number of benzene rings is 1. The van der Waals surface area contributed by atoms with Gasteiger partial charge in [-0.2, -0.15) is 18.2 Å². The van der Waals surface area contributed by atoms with E-state index >= 15 is 0 Å². The molecule has 0 unspecified atom stereocenters. The Kier molecular flexibility index (Phi) is 7.30. The van der Waals surface area contributed by atoms with Gasteiger partial charge in [-0.3, -0.25) is 4.57 Å². The molecule has 0 spiro atoms. The number of hydrogen-bond donors (Lipinski definition) is 2. The van der Waals surface area contributed by atoms with Gasteiger partial charge in [0.05, 0.1) is 20.6 Å². The number of hydrogen-bond acceptors (Lipinski definition) is 6. The highest BCUT2D eigenvalue weighted by Gasteiger charge is 2.47. The molecule has 16 heteroatoms. The minimum Gasteiger partial charge on any atom is -0.473 e. The molecule has 9 nitrogen and oxygen atoms in total. The first-order valence-electron chi connectivity index (χ1n) is 10.5. The van der Waals surface area contributed by atoms with Gasteiger partial charge in [-0.1, -0.05) is 53.8 Å². The summed E-state index contributed by atoms with van der Waals surface area (Å²) in [6.07, 6.45) is -2.52. The fourth-order valence-corrected chi connectivity index (χ4v) is 5.34. The molecule has 1 aromatic carbocycles. The number of imidazole rings is 1. The van der Waals surface area contributed by atoms with Gasteiger partial charge in [0.25, 0.3) is 5.89 Å². The summed E-state index contributed by atoms with van der Waals surface area (Å²) in [5, 5.41) is 1.82. The third-order valence-corrected chi connectivity index (χ3v) is 8.35. The van der Waals surface area contributed by atoms with Crippen molar-refractivity contribution in [1.29, 1.82) is 0 Å². The zero-order valence-electron chi connectivity index (χ0n) is 18.9. The molecule has 198 valence electrons. The number of halogens is 6. The molecule has 37 heavy (non-hydrogen) atoms. The average Bonchev–Trinajstić information content (AvgIpc) is 3.45. The van der Waals surface area contributed by atoms with Gasteiger partial charge in [0.15, 0.2) is 5.65 Å². The van der Waals surface area contributed by atoms with Crippen LogP contribution in [-0.4, -0.2) is 34.7 Å². The summed E-state index contributed by atoms with van der Waals surface area (Å²) in [7, 11) is -4.68. The summed E-state index contributed by atoms with van der Waals surface area (Å²) in [6, 6.07) is 3.37. The van der Waals surface area contributed by atoms with Gasteiger partial charge >= 0.3 is 13.8 Å². The van der Waals surface area contributed by atoms with Crippen LogP contribution in [0, 0.1) is 0 Å². The first-order valence-corrected chi connectivity index (χ1v) is 13.3. The molecule has 0 atom stereocenters. The highest BCUT2D eigenvalue weighted by molar-refractivity contribution is 7.53. The van der Waals surface area contributed by atoms with Crippen LogP contribution in [0.5, 0.6) is 5.75 Å². The van der Waals surface area contributed by atoms with Crippen molar-refractivity contribution >= 4 is 48.0 Å². The summed E-state index contributed by atoms with van der Waals surface area (Å²) in [6.45, 7) is 3.15. The smallest absolute Gasteiger partial charge is 0.417 e. The van der Waals surface area contributed by atoms with Crippen LogP contribution < -0.4 is 4.74 Å². The third-order valence-electron chi connectivity index (χ3n) is 5.68. The maximum Gasteiger partial charge on any atom is 0.417 e. The molecule has 3 heterocycles. The van der Waals surface area contributed by atoms with E-state index in [-0.39, 0.29) is 62.3 Å². The molecule has 0 saturated heterocycles. The van der Waals surface area contributed by atoms with Crippen LogP contribution in [0.4, 0.5) is 13.2 Å². The molecule has 0 fully saturated rings. The number of fused-ring (bicyclic) bond motifs is 1. The zero-order chi connectivity index (χ0) is 27.3. The van der Waals surface area contributed by atoms with E-state index in [4.69, 9.17) is 44.1 Å². The second kappa shape index (κ2) is 9.76. The van der Waals surface area contributed by atoms with Crippen molar-refractivity contribution in [2.75, 3.05) is 0 Å². The maximum atomic E-state index is 13.1. The molecule has 0 aliphatic carbocycles. The first-order chi connectivity index (χ1) is 17.2. The predicted octanol–water partition coefficient (Wildman–Crippen LogP) is 7.10.